The summed E-state index contributed by atoms with van der Waals surface area (Å²) < 4.78 is 1.03. The summed E-state index contributed by atoms with van der Waals surface area (Å²) in [4.78, 5) is 12.2. The van der Waals surface area contributed by atoms with E-state index in [0.717, 1.165) is 9.35 Å². The first-order chi connectivity index (χ1) is 8.56. The smallest absolute Gasteiger partial charge is 0.337 e. The van der Waals surface area contributed by atoms with Gasteiger partial charge in [-0.1, -0.05) is 11.6 Å². The number of carboxylic acid groups (broad SMARTS) is 1. The van der Waals surface area contributed by atoms with Gasteiger partial charge in [0.15, 0.2) is 0 Å². The number of nitrogens with one attached hydrogen (secondary N) is 1. The van der Waals surface area contributed by atoms with Crippen LogP contribution in [0.1, 0.15) is 15.2 Å². The zero-order valence-electron chi connectivity index (χ0n) is 9.11. The van der Waals surface area contributed by atoms with Crippen LogP contribution in [0, 0.1) is 0 Å². The molecule has 0 atom stereocenters. The molecule has 1 heterocycles. The molecule has 94 valence electrons. The van der Waals surface area contributed by atoms with Gasteiger partial charge in [-0.3, -0.25) is 0 Å². The van der Waals surface area contributed by atoms with Gasteiger partial charge < -0.3 is 10.4 Å². The summed E-state index contributed by atoms with van der Waals surface area (Å²) in [7, 11) is 0. The molecule has 18 heavy (non-hydrogen) atoms. The molecule has 0 amide bonds. The number of halogens is 2. The Hall–Kier alpha value is -1.04. The molecule has 0 saturated carbocycles. The highest BCUT2D eigenvalue weighted by molar-refractivity contribution is 9.10. The van der Waals surface area contributed by atoms with Crippen LogP contribution in [-0.2, 0) is 6.54 Å². The van der Waals surface area contributed by atoms with Gasteiger partial charge in [0, 0.05) is 32.0 Å². The third-order valence-electron chi connectivity index (χ3n) is 2.29. The molecule has 1 aromatic carbocycles. The van der Waals surface area contributed by atoms with Crippen molar-refractivity contribution in [2.75, 3.05) is 5.32 Å². The Bertz CT molecular complexity index is 585. The first-order valence-corrected chi connectivity index (χ1v) is 7.11. The van der Waals surface area contributed by atoms with Gasteiger partial charge >= 0.3 is 5.97 Å². The van der Waals surface area contributed by atoms with E-state index in [4.69, 9.17) is 16.7 Å². The number of anilines is 1. The topological polar surface area (TPSA) is 49.3 Å². The maximum atomic E-state index is 11.1. The van der Waals surface area contributed by atoms with Crippen molar-refractivity contribution in [2.45, 2.75) is 6.54 Å². The second kappa shape index (κ2) is 5.73. The number of hydrogen-bond acceptors (Lipinski definition) is 3. The maximum Gasteiger partial charge on any atom is 0.337 e. The Morgan fingerprint density at radius 2 is 2.22 bits per heavy atom. The highest BCUT2D eigenvalue weighted by Gasteiger charge is 2.10. The number of carbonyl (C=O) groups is 1. The van der Waals surface area contributed by atoms with Crippen molar-refractivity contribution < 1.29 is 9.90 Å². The molecule has 0 aliphatic heterocycles. The second-order valence-corrected chi connectivity index (χ2v) is 5.93. The van der Waals surface area contributed by atoms with E-state index in [1.54, 1.807) is 23.5 Å². The molecule has 3 nitrogen and oxygen atoms in total. The molecule has 0 radical (unpaired) electrons. The summed E-state index contributed by atoms with van der Waals surface area (Å²) in [5, 5.41) is 14.6. The normalized spacial score (nSPS) is 10.3. The molecule has 2 N–H and O–H groups in total. The highest BCUT2D eigenvalue weighted by atomic mass is 79.9. The van der Waals surface area contributed by atoms with Crippen LogP contribution in [0.25, 0.3) is 0 Å². The lowest BCUT2D eigenvalue weighted by molar-refractivity contribution is 0.0698. The van der Waals surface area contributed by atoms with Crippen LogP contribution in [0.4, 0.5) is 5.69 Å². The lowest BCUT2D eigenvalue weighted by Gasteiger charge is -2.08. The molecule has 0 saturated heterocycles. The monoisotopic (exact) mass is 345 g/mol. The van der Waals surface area contributed by atoms with E-state index in [2.05, 4.69) is 21.2 Å². The Kier molecular flexibility index (Phi) is 4.27. The summed E-state index contributed by atoms with van der Waals surface area (Å²) in [6, 6.07) is 6.78. The summed E-state index contributed by atoms with van der Waals surface area (Å²) in [5.74, 6) is -0.993. The molecule has 2 aromatic rings. The fourth-order valence-electron chi connectivity index (χ4n) is 1.48. The molecule has 0 bridgehead atoms. The minimum Gasteiger partial charge on any atom is -0.478 e. The van der Waals surface area contributed by atoms with Gasteiger partial charge in [-0.2, -0.15) is 0 Å². The third-order valence-corrected chi connectivity index (χ3v) is 4.22. The number of thiophene rings is 1. The Balaban J connectivity index is 2.16. The van der Waals surface area contributed by atoms with E-state index in [0.29, 0.717) is 17.3 Å². The number of benzene rings is 1. The van der Waals surface area contributed by atoms with Gasteiger partial charge in [0.25, 0.3) is 0 Å². The van der Waals surface area contributed by atoms with Crippen molar-refractivity contribution in [1.29, 1.82) is 0 Å². The highest BCUT2D eigenvalue weighted by Crippen LogP contribution is 2.24. The lowest BCUT2D eigenvalue weighted by atomic mass is 10.2. The molecule has 6 heteroatoms. The van der Waals surface area contributed by atoms with Gasteiger partial charge in [0.1, 0.15) is 0 Å². The van der Waals surface area contributed by atoms with Crippen molar-refractivity contribution in [2.24, 2.45) is 0 Å². The predicted molar refractivity (Wildman–Crippen MR) is 77.8 cm³/mol. The number of aromatic carboxylic acids is 1. The van der Waals surface area contributed by atoms with E-state index in [1.165, 1.54) is 6.07 Å². The molecule has 0 aliphatic rings. The SMILES string of the molecule is O=C(O)c1cc(Cl)ccc1NCc1cc(Br)cs1. The summed E-state index contributed by atoms with van der Waals surface area (Å²) in [5.41, 5.74) is 0.745. The molecule has 0 unspecified atom stereocenters. The fourth-order valence-corrected chi connectivity index (χ4v) is 3.04. The Morgan fingerprint density at radius 3 is 2.83 bits per heavy atom. The number of hydrogen-bond donors (Lipinski definition) is 2. The third kappa shape index (κ3) is 3.25. The van der Waals surface area contributed by atoms with E-state index < -0.39 is 5.97 Å². The Morgan fingerprint density at radius 1 is 1.44 bits per heavy atom. The molecular formula is C12H9BrClNO2S. The van der Waals surface area contributed by atoms with Crippen molar-refractivity contribution in [3.8, 4) is 0 Å². The number of rotatable bonds is 4. The van der Waals surface area contributed by atoms with Crippen molar-refractivity contribution in [3.05, 3.63) is 49.6 Å². The standard InChI is InChI=1S/C12H9BrClNO2S/c13-7-3-9(18-6-7)5-15-11-2-1-8(14)4-10(11)12(16)17/h1-4,6,15H,5H2,(H,16,17). The largest absolute Gasteiger partial charge is 0.478 e. The molecule has 1 aromatic heterocycles. The van der Waals surface area contributed by atoms with Crippen LogP contribution in [0.2, 0.25) is 5.02 Å². The van der Waals surface area contributed by atoms with E-state index in [-0.39, 0.29) is 5.56 Å². The predicted octanol–water partition coefficient (Wildman–Crippen LogP) is 4.47. The maximum absolute atomic E-state index is 11.1. The van der Waals surface area contributed by atoms with Crippen LogP contribution < -0.4 is 5.32 Å². The average Bonchev–Trinajstić information content (AvgIpc) is 2.73. The van der Waals surface area contributed by atoms with Crippen LogP contribution in [0.5, 0.6) is 0 Å². The summed E-state index contributed by atoms with van der Waals surface area (Å²) in [6.45, 7) is 0.582. The molecular weight excluding hydrogens is 338 g/mol. The first kappa shape index (κ1) is 13.4. The van der Waals surface area contributed by atoms with E-state index in [9.17, 15) is 4.79 Å². The quantitative estimate of drug-likeness (QED) is 0.858. The van der Waals surface area contributed by atoms with Gasteiger partial charge in [-0.05, 0) is 40.2 Å². The van der Waals surface area contributed by atoms with E-state index in [1.807, 2.05) is 11.4 Å². The molecule has 0 spiro atoms. The number of carboxylic acids is 1. The summed E-state index contributed by atoms with van der Waals surface area (Å²) >= 11 is 10.8. The van der Waals surface area contributed by atoms with Crippen molar-refractivity contribution >= 4 is 50.5 Å². The minimum atomic E-state index is -0.993. The van der Waals surface area contributed by atoms with Crippen LogP contribution >= 0.6 is 38.9 Å². The average molecular weight is 347 g/mol. The molecule has 2 rings (SSSR count). The van der Waals surface area contributed by atoms with Gasteiger partial charge in [-0.25, -0.2) is 4.79 Å². The zero-order chi connectivity index (χ0) is 13.1. The first-order valence-electron chi connectivity index (χ1n) is 5.06. The van der Waals surface area contributed by atoms with Crippen LogP contribution in [0.3, 0.4) is 0 Å². The fraction of sp³-hybridized carbons (Fsp3) is 0.0833. The van der Waals surface area contributed by atoms with E-state index >= 15 is 0 Å². The molecule has 0 aliphatic carbocycles. The second-order valence-electron chi connectivity index (χ2n) is 3.58. The van der Waals surface area contributed by atoms with Crippen LogP contribution in [-0.4, -0.2) is 11.1 Å². The molecule has 0 fully saturated rings. The van der Waals surface area contributed by atoms with Gasteiger partial charge in [0.05, 0.1) is 5.56 Å². The minimum absolute atomic E-state index is 0.179. The summed E-state index contributed by atoms with van der Waals surface area (Å²) in [6.07, 6.45) is 0. The zero-order valence-corrected chi connectivity index (χ0v) is 12.3. The lowest BCUT2D eigenvalue weighted by Crippen LogP contribution is -2.05. The van der Waals surface area contributed by atoms with Crippen molar-refractivity contribution in [3.63, 3.8) is 0 Å². The van der Waals surface area contributed by atoms with Gasteiger partial charge in [0.2, 0.25) is 0 Å². The van der Waals surface area contributed by atoms with Crippen LogP contribution in [0.15, 0.2) is 34.1 Å². The Labute approximate surface area is 122 Å². The van der Waals surface area contributed by atoms with Crippen molar-refractivity contribution in [1.82, 2.24) is 0 Å². The van der Waals surface area contributed by atoms with Gasteiger partial charge in [-0.15, -0.1) is 11.3 Å².